The zero-order chi connectivity index (χ0) is 27.0. The zero-order valence-electron chi connectivity index (χ0n) is 23.0. The van der Waals surface area contributed by atoms with Crippen molar-refractivity contribution in [3.8, 4) is 22.9 Å². The molecule has 0 amide bonds. The van der Waals surface area contributed by atoms with Crippen LogP contribution in [0.15, 0.2) is 60.7 Å². The highest BCUT2D eigenvalue weighted by Gasteiger charge is 2.15. The van der Waals surface area contributed by atoms with Crippen molar-refractivity contribution < 1.29 is 14.2 Å². The number of aryl methyl sites for hydroxylation is 2. The maximum atomic E-state index is 6.15. The van der Waals surface area contributed by atoms with Crippen LogP contribution in [0.4, 0.5) is 0 Å². The van der Waals surface area contributed by atoms with Gasteiger partial charge in [-0.25, -0.2) is 4.98 Å². The maximum absolute atomic E-state index is 6.15. The summed E-state index contributed by atoms with van der Waals surface area (Å²) in [5.74, 6) is 2.73. The van der Waals surface area contributed by atoms with Crippen molar-refractivity contribution in [3.63, 3.8) is 0 Å². The Bertz CT molecular complexity index is 1360. The van der Waals surface area contributed by atoms with Crippen LogP contribution in [0, 0.1) is 6.92 Å². The first-order valence-corrected chi connectivity index (χ1v) is 14.4. The smallest absolute Gasteiger partial charge is 0.141 e. The summed E-state index contributed by atoms with van der Waals surface area (Å²) in [5.41, 5.74) is 5.50. The van der Waals surface area contributed by atoms with E-state index in [1.807, 2.05) is 31.2 Å². The Balaban J connectivity index is 1.26. The molecule has 1 aliphatic heterocycles. The number of nitrogens with zero attached hydrogens (tertiary/aromatic N) is 3. The van der Waals surface area contributed by atoms with E-state index in [4.69, 9.17) is 30.8 Å². The number of fused-ring (bicyclic) bond motifs is 1. The maximum Gasteiger partial charge on any atom is 0.141 e. The van der Waals surface area contributed by atoms with Crippen LogP contribution in [-0.4, -0.2) is 60.5 Å². The van der Waals surface area contributed by atoms with Gasteiger partial charge in [0.2, 0.25) is 0 Å². The molecule has 5 rings (SSSR count). The highest BCUT2D eigenvalue weighted by atomic mass is 35.5. The largest absolute Gasteiger partial charge is 0.493 e. The minimum absolute atomic E-state index is 0.615. The number of rotatable bonds is 12. The van der Waals surface area contributed by atoms with Crippen molar-refractivity contribution in [3.05, 3.63) is 76.8 Å². The monoisotopic (exact) mass is 547 g/mol. The van der Waals surface area contributed by atoms with Crippen LogP contribution in [0.1, 0.15) is 30.9 Å². The second-order valence-electron chi connectivity index (χ2n) is 10.1. The van der Waals surface area contributed by atoms with Gasteiger partial charge < -0.3 is 18.8 Å². The Morgan fingerprint density at radius 1 is 0.897 bits per heavy atom. The predicted octanol–water partition coefficient (Wildman–Crippen LogP) is 6.80. The van der Waals surface area contributed by atoms with Gasteiger partial charge in [0.05, 0.1) is 30.9 Å². The number of benzene rings is 3. The van der Waals surface area contributed by atoms with E-state index in [9.17, 15) is 0 Å². The molecule has 0 unspecified atom stereocenters. The minimum atomic E-state index is 0.615. The van der Waals surface area contributed by atoms with Crippen molar-refractivity contribution >= 4 is 22.6 Å². The van der Waals surface area contributed by atoms with Crippen LogP contribution in [0.5, 0.6) is 11.5 Å². The first-order valence-electron chi connectivity index (χ1n) is 14.0. The lowest BCUT2D eigenvalue weighted by atomic mass is 10.1. The van der Waals surface area contributed by atoms with E-state index in [2.05, 4.69) is 52.8 Å². The van der Waals surface area contributed by atoms with Gasteiger partial charge in [-0.3, -0.25) is 4.90 Å². The van der Waals surface area contributed by atoms with Gasteiger partial charge in [0.15, 0.2) is 0 Å². The molecule has 0 aliphatic carbocycles. The number of halogens is 1. The summed E-state index contributed by atoms with van der Waals surface area (Å²) in [5, 5.41) is 0.799. The summed E-state index contributed by atoms with van der Waals surface area (Å²) >= 11 is 6.15. The van der Waals surface area contributed by atoms with E-state index in [-0.39, 0.29) is 0 Å². The van der Waals surface area contributed by atoms with Crippen LogP contribution >= 0.6 is 11.6 Å². The number of hydrogen-bond acceptors (Lipinski definition) is 5. The summed E-state index contributed by atoms with van der Waals surface area (Å²) in [7, 11) is 0. The molecule has 39 heavy (non-hydrogen) atoms. The lowest BCUT2D eigenvalue weighted by Crippen LogP contribution is -2.38. The Labute approximate surface area is 236 Å². The summed E-state index contributed by atoms with van der Waals surface area (Å²) in [6.45, 7) is 10.9. The van der Waals surface area contributed by atoms with E-state index in [0.29, 0.717) is 13.2 Å². The standard InChI is InChI=1S/C32H38ClN3O3/c1-3-4-14-36-31-23-28(39-21-17-35-15-19-37-20-16-35)10-12-30(31)34-32(36)26-6-8-27(9-7-26)38-18-13-25-5-11-29(33)24(2)22-25/h5-12,22-23H,3-4,13-21H2,1-2H3. The third-order valence-electron chi connectivity index (χ3n) is 7.23. The van der Waals surface area contributed by atoms with Crippen molar-refractivity contribution in [1.29, 1.82) is 0 Å². The fourth-order valence-electron chi connectivity index (χ4n) is 4.92. The normalized spacial score (nSPS) is 14.1. The molecule has 0 saturated carbocycles. The topological polar surface area (TPSA) is 48.8 Å². The van der Waals surface area contributed by atoms with E-state index in [1.54, 1.807) is 0 Å². The van der Waals surface area contributed by atoms with Crippen LogP contribution in [-0.2, 0) is 17.7 Å². The molecule has 0 spiro atoms. The Hall–Kier alpha value is -3.06. The van der Waals surface area contributed by atoms with Crippen molar-refractivity contribution in [1.82, 2.24) is 14.5 Å². The van der Waals surface area contributed by atoms with Gasteiger partial charge >= 0.3 is 0 Å². The highest BCUT2D eigenvalue weighted by molar-refractivity contribution is 6.31. The molecule has 0 bridgehead atoms. The second-order valence-corrected chi connectivity index (χ2v) is 10.5. The molecule has 1 saturated heterocycles. The molecule has 3 aromatic carbocycles. The molecule has 4 aromatic rings. The number of unbranched alkanes of at least 4 members (excludes halogenated alkanes) is 1. The van der Waals surface area contributed by atoms with Crippen molar-refractivity contribution in [2.45, 2.75) is 39.7 Å². The predicted molar refractivity (Wildman–Crippen MR) is 158 cm³/mol. The van der Waals surface area contributed by atoms with Gasteiger partial charge in [0, 0.05) is 49.3 Å². The SMILES string of the molecule is CCCCn1c(-c2ccc(OCCc3ccc(Cl)c(C)c3)cc2)nc2ccc(OCCN3CCOCC3)cc21. The van der Waals surface area contributed by atoms with Gasteiger partial charge in [-0.15, -0.1) is 0 Å². The zero-order valence-corrected chi connectivity index (χ0v) is 23.8. The van der Waals surface area contributed by atoms with Gasteiger partial charge in [-0.1, -0.05) is 37.1 Å². The fourth-order valence-corrected chi connectivity index (χ4v) is 5.04. The van der Waals surface area contributed by atoms with Gasteiger partial charge in [-0.05, 0) is 66.9 Å². The Morgan fingerprint density at radius 2 is 1.67 bits per heavy atom. The fraction of sp³-hybridized carbons (Fsp3) is 0.406. The average Bonchev–Trinajstić information content (AvgIpc) is 3.32. The molecule has 0 atom stereocenters. The van der Waals surface area contributed by atoms with Crippen LogP contribution in [0.2, 0.25) is 5.02 Å². The number of imidazole rings is 1. The molecule has 1 aromatic heterocycles. The van der Waals surface area contributed by atoms with Gasteiger partial charge in [0.1, 0.15) is 23.9 Å². The average molecular weight is 548 g/mol. The lowest BCUT2D eigenvalue weighted by Gasteiger charge is -2.26. The number of ether oxygens (including phenoxy) is 3. The first-order chi connectivity index (χ1) is 19.1. The van der Waals surface area contributed by atoms with E-state index in [1.165, 1.54) is 5.56 Å². The quantitative estimate of drug-likeness (QED) is 0.195. The second kappa shape index (κ2) is 13.3. The summed E-state index contributed by atoms with van der Waals surface area (Å²) in [6.07, 6.45) is 3.05. The third kappa shape index (κ3) is 7.13. The highest BCUT2D eigenvalue weighted by Crippen LogP contribution is 2.29. The molecular formula is C32H38ClN3O3. The molecular weight excluding hydrogens is 510 g/mol. The van der Waals surface area contributed by atoms with E-state index in [0.717, 1.165) is 103 Å². The summed E-state index contributed by atoms with van der Waals surface area (Å²) < 4.78 is 19.9. The molecule has 6 nitrogen and oxygen atoms in total. The van der Waals surface area contributed by atoms with Crippen molar-refractivity contribution in [2.24, 2.45) is 0 Å². The molecule has 0 N–H and O–H groups in total. The molecule has 1 aliphatic rings. The minimum Gasteiger partial charge on any atom is -0.493 e. The molecule has 206 valence electrons. The Morgan fingerprint density at radius 3 is 2.44 bits per heavy atom. The Kier molecular flexibility index (Phi) is 9.40. The first kappa shape index (κ1) is 27.5. The molecule has 7 heteroatoms. The van der Waals surface area contributed by atoms with Gasteiger partial charge in [0.25, 0.3) is 0 Å². The number of aromatic nitrogens is 2. The van der Waals surface area contributed by atoms with E-state index >= 15 is 0 Å². The van der Waals surface area contributed by atoms with Gasteiger partial charge in [-0.2, -0.15) is 0 Å². The van der Waals surface area contributed by atoms with Crippen LogP contribution in [0.3, 0.4) is 0 Å². The third-order valence-corrected chi connectivity index (χ3v) is 7.65. The number of morpholine rings is 1. The van der Waals surface area contributed by atoms with Crippen LogP contribution < -0.4 is 9.47 Å². The molecule has 1 fully saturated rings. The number of hydrogen-bond donors (Lipinski definition) is 0. The van der Waals surface area contributed by atoms with Crippen molar-refractivity contribution in [2.75, 3.05) is 46.1 Å². The summed E-state index contributed by atoms with van der Waals surface area (Å²) in [6, 6.07) is 20.6. The van der Waals surface area contributed by atoms with Crippen LogP contribution in [0.25, 0.3) is 22.4 Å². The molecule has 0 radical (unpaired) electrons. The summed E-state index contributed by atoms with van der Waals surface area (Å²) in [4.78, 5) is 7.40. The lowest BCUT2D eigenvalue weighted by molar-refractivity contribution is 0.0322. The molecule has 2 heterocycles. The van der Waals surface area contributed by atoms with E-state index < -0.39 is 0 Å².